The molecular weight excluding hydrogens is 232 g/mol. The number of hydrogen-bond acceptors (Lipinski definition) is 4. The van der Waals surface area contributed by atoms with Gasteiger partial charge in [0, 0.05) is 19.3 Å². The summed E-state index contributed by atoms with van der Waals surface area (Å²) in [5.41, 5.74) is -0.0726. The molecule has 0 fully saturated rings. The zero-order valence-corrected chi connectivity index (χ0v) is 11.1. The van der Waals surface area contributed by atoms with Gasteiger partial charge in [0.2, 0.25) is 0 Å². The Hall–Kier alpha value is -1.46. The van der Waals surface area contributed by atoms with Gasteiger partial charge in [0.05, 0.1) is 16.9 Å². The fourth-order valence-corrected chi connectivity index (χ4v) is 1.80. The van der Waals surface area contributed by atoms with Crippen LogP contribution in [0.2, 0.25) is 0 Å². The van der Waals surface area contributed by atoms with E-state index < -0.39 is 11.6 Å². The maximum atomic E-state index is 11.1. The second-order valence-corrected chi connectivity index (χ2v) is 4.92. The van der Waals surface area contributed by atoms with Gasteiger partial charge in [-0.15, -0.1) is 0 Å². The molecule has 100 valence electrons. The van der Waals surface area contributed by atoms with Gasteiger partial charge in [-0.25, -0.2) is 4.79 Å². The maximum Gasteiger partial charge on any atom is 0.337 e. The molecule has 1 rings (SSSR count). The minimum absolute atomic E-state index is 0.215. The van der Waals surface area contributed by atoms with Crippen LogP contribution >= 0.6 is 0 Å². The Bertz CT molecular complexity index is 413. The van der Waals surface area contributed by atoms with Crippen LogP contribution in [0.3, 0.4) is 0 Å². The second-order valence-electron chi connectivity index (χ2n) is 4.92. The third-order valence-electron chi connectivity index (χ3n) is 2.55. The van der Waals surface area contributed by atoms with Crippen LogP contribution in [0.5, 0.6) is 0 Å². The van der Waals surface area contributed by atoms with Crippen LogP contribution in [0.1, 0.15) is 36.8 Å². The molecule has 5 nitrogen and oxygen atoms in total. The topological polar surface area (TPSA) is 73.7 Å². The summed E-state index contributed by atoms with van der Waals surface area (Å²) in [4.78, 5) is 17.1. The Morgan fingerprint density at radius 1 is 1.50 bits per heavy atom. The Morgan fingerprint density at radius 2 is 2.17 bits per heavy atom. The van der Waals surface area contributed by atoms with Gasteiger partial charge in [0.25, 0.3) is 0 Å². The lowest BCUT2D eigenvalue weighted by Crippen LogP contribution is -2.38. The molecule has 0 saturated heterocycles. The van der Waals surface area contributed by atoms with Crippen molar-refractivity contribution in [1.29, 1.82) is 0 Å². The number of hydrogen-bond donors (Lipinski definition) is 2. The SMILES string of the molecule is CCN(Cc1ncccc1C(=O)O)CC(C)(C)O. The number of pyridine rings is 1. The van der Waals surface area contributed by atoms with E-state index in [0.29, 0.717) is 18.8 Å². The normalized spacial score (nSPS) is 11.8. The van der Waals surface area contributed by atoms with Gasteiger partial charge in [-0.1, -0.05) is 6.92 Å². The summed E-state index contributed by atoms with van der Waals surface area (Å²) >= 11 is 0. The molecule has 0 bridgehead atoms. The number of likely N-dealkylation sites (N-methyl/N-ethyl adjacent to an activating group) is 1. The zero-order valence-electron chi connectivity index (χ0n) is 11.1. The Balaban J connectivity index is 2.85. The molecule has 0 amide bonds. The van der Waals surface area contributed by atoms with Crippen molar-refractivity contribution in [1.82, 2.24) is 9.88 Å². The van der Waals surface area contributed by atoms with Gasteiger partial charge < -0.3 is 10.2 Å². The van der Waals surface area contributed by atoms with Crippen LogP contribution in [0, 0.1) is 0 Å². The summed E-state index contributed by atoms with van der Waals surface area (Å²) in [5.74, 6) is -0.975. The Kier molecular flexibility index (Phi) is 4.81. The van der Waals surface area contributed by atoms with E-state index in [1.54, 1.807) is 32.2 Å². The smallest absolute Gasteiger partial charge is 0.337 e. The van der Waals surface area contributed by atoms with Crippen LogP contribution in [-0.4, -0.2) is 44.8 Å². The lowest BCUT2D eigenvalue weighted by molar-refractivity contribution is 0.0348. The fraction of sp³-hybridized carbons (Fsp3) is 0.538. The molecule has 0 spiro atoms. The molecular formula is C13H20N2O3. The first-order valence-electron chi connectivity index (χ1n) is 5.95. The number of carboxylic acids is 1. The van der Waals surface area contributed by atoms with E-state index in [0.717, 1.165) is 6.54 Å². The maximum absolute atomic E-state index is 11.1. The molecule has 0 aromatic carbocycles. The number of carbonyl (C=O) groups is 1. The number of nitrogens with zero attached hydrogens (tertiary/aromatic N) is 2. The van der Waals surface area contributed by atoms with Crippen molar-refractivity contribution in [3.05, 3.63) is 29.6 Å². The Labute approximate surface area is 107 Å². The fourth-order valence-electron chi connectivity index (χ4n) is 1.80. The van der Waals surface area contributed by atoms with Crippen LogP contribution in [0.25, 0.3) is 0 Å². The minimum Gasteiger partial charge on any atom is -0.478 e. The van der Waals surface area contributed by atoms with Crippen molar-refractivity contribution in [2.24, 2.45) is 0 Å². The van der Waals surface area contributed by atoms with E-state index in [2.05, 4.69) is 4.98 Å². The summed E-state index contributed by atoms with van der Waals surface area (Å²) in [5, 5.41) is 18.9. The minimum atomic E-state index is -0.975. The average Bonchev–Trinajstić information content (AvgIpc) is 2.26. The molecule has 5 heteroatoms. The molecule has 18 heavy (non-hydrogen) atoms. The van der Waals surface area contributed by atoms with E-state index in [1.807, 2.05) is 11.8 Å². The van der Waals surface area contributed by atoms with Gasteiger partial charge in [-0.3, -0.25) is 9.88 Å². The van der Waals surface area contributed by atoms with Gasteiger partial charge in [-0.05, 0) is 32.5 Å². The van der Waals surface area contributed by atoms with Crippen LogP contribution < -0.4 is 0 Å². The zero-order chi connectivity index (χ0) is 13.8. The quantitative estimate of drug-likeness (QED) is 0.800. The lowest BCUT2D eigenvalue weighted by atomic mass is 10.1. The highest BCUT2D eigenvalue weighted by Gasteiger charge is 2.19. The van der Waals surface area contributed by atoms with Gasteiger partial charge in [0.15, 0.2) is 0 Å². The predicted molar refractivity (Wildman–Crippen MR) is 68.4 cm³/mol. The van der Waals surface area contributed by atoms with Crippen molar-refractivity contribution in [3.8, 4) is 0 Å². The molecule has 0 unspecified atom stereocenters. The summed E-state index contributed by atoms with van der Waals surface area (Å²) in [6, 6.07) is 3.15. The number of aromatic nitrogens is 1. The largest absolute Gasteiger partial charge is 0.478 e. The monoisotopic (exact) mass is 252 g/mol. The molecule has 0 saturated carbocycles. The molecule has 0 radical (unpaired) electrons. The number of rotatable bonds is 6. The van der Waals surface area contributed by atoms with Crippen molar-refractivity contribution in [2.45, 2.75) is 32.9 Å². The number of aliphatic hydroxyl groups is 1. The summed E-state index contributed by atoms with van der Waals surface area (Å²) in [6.07, 6.45) is 1.58. The third kappa shape index (κ3) is 4.43. The standard InChI is InChI=1S/C13H20N2O3/c1-4-15(9-13(2,3)18)8-11-10(12(16)17)6-5-7-14-11/h5-7,18H,4,8-9H2,1-3H3,(H,16,17). The molecule has 1 aromatic heterocycles. The van der Waals surface area contributed by atoms with E-state index in [-0.39, 0.29) is 5.56 Å². The predicted octanol–water partition coefficient (Wildman–Crippen LogP) is 1.37. The number of aromatic carboxylic acids is 1. The van der Waals surface area contributed by atoms with Crippen LogP contribution in [-0.2, 0) is 6.54 Å². The average molecular weight is 252 g/mol. The van der Waals surface area contributed by atoms with Crippen molar-refractivity contribution >= 4 is 5.97 Å². The number of carboxylic acid groups (broad SMARTS) is 1. The second kappa shape index (κ2) is 5.93. The summed E-state index contributed by atoms with van der Waals surface area (Å²) < 4.78 is 0. The van der Waals surface area contributed by atoms with Gasteiger partial charge >= 0.3 is 5.97 Å². The Morgan fingerprint density at radius 3 is 2.67 bits per heavy atom. The highest BCUT2D eigenvalue weighted by molar-refractivity contribution is 5.88. The molecule has 0 aliphatic carbocycles. The lowest BCUT2D eigenvalue weighted by Gasteiger charge is -2.27. The molecule has 0 atom stereocenters. The van der Waals surface area contributed by atoms with Crippen molar-refractivity contribution in [3.63, 3.8) is 0 Å². The highest BCUT2D eigenvalue weighted by Crippen LogP contribution is 2.12. The van der Waals surface area contributed by atoms with E-state index in [4.69, 9.17) is 5.11 Å². The summed E-state index contributed by atoms with van der Waals surface area (Å²) in [6.45, 7) is 7.04. The first-order chi connectivity index (χ1) is 8.33. The third-order valence-corrected chi connectivity index (χ3v) is 2.55. The first-order valence-corrected chi connectivity index (χ1v) is 5.95. The molecule has 0 aliphatic heterocycles. The van der Waals surface area contributed by atoms with Gasteiger partial charge in [-0.2, -0.15) is 0 Å². The molecule has 1 aromatic rings. The van der Waals surface area contributed by atoms with E-state index in [1.165, 1.54) is 0 Å². The van der Waals surface area contributed by atoms with Crippen LogP contribution in [0.4, 0.5) is 0 Å². The molecule has 1 heterocycles. The highest BCUT2D eigenvalue weighted by atomic mass is 16.4. The van der Waals surface area contributed by atoms with Gasteiger partial charge in [0.1, 0.15) is 0 Å². The van der Waals surface area contributed by atoms with Crippen molar-refractivity contribution < 1.29 is 15.0 Å². The van der Waals surface area contributed by atoms with Crippen LogP contribution in [0.15, 0.2) is 18.3 Å². The van der Waals surface area contributed by atoms with E-state index in [9.17, 15) is 9.90 Å². The first kappa shape index (κ1) is 14.6. The molecule has 2 N–H and O–H groups in total. The van der Waals surface area contributed by atoms with E-state index >= 15 is 0 Å². The summed E-state index contributed by atoms with van der Waals surface area (Å²) in [7, 11) is 0. The molecule has 0 aliphatic rings. The van der Waals surface area contributed by atoms with Crippen molar-refractivity contribution in [2.75, 3.05) is 13.1 Å².